The first-order valence-corrected chi connectivity index (χ1v) is 6.74. The summed E-state index contributed by atoms with van der Waals surface area (Å²) in [4.78, 5) is 23.0. The van der Waals surface area contributed by atoms with Crippen molar-refractivity contribution < 1.29 is 19.1 Å². The quantitative estimate of drug-likeness (QED) is 0.880. The summed E-state index contributed by atoms with van der Waals surface area (Å²) in [5.74, 6) is -1.49. The summed E-state index contributed by atoms with van der Waals surface area (Å²) in [6.45, 7) is 0. The lowest BCUT2D eigenvalue weighted by atomic mass is 10.0. The fourth-order valence-corrected chi connectivity index (χ4v) is 2.37. The zero-order valence-corrected chi connectivity index (χ0v) is 12.2. The van der Waals surface area contributed by atoms with E-state index >= 15 is 0 Å². The molecule has 1 aromatic carbocycles. The largest absolute Gasteiger partial charge is 0.481 e. The third-order valence-corrected chi connectivity index (χ3v) is 3.33. The molecule has 0 spiro atoms. The van der Waals surface area contributed by atoms with Crippen LogP contribution >= 0.6 is 23.2 Å². The number of rotatable bonds is 5. The van der Waals surface area contributed by atoms with E-state index in [1.165, 1.54) is 18.4 Å². The first-order chi connectivity index (χ1) is 9.97. The highest BCUT2D eigenvalue weighted by Gasteiger charge is 2.22. The summed E-state index contributed by atoms with van der Waals surface area (Å²) in [7, 11) is 0. The summed E-state index contributed by atoms with van der Waals surface area (Å²) in [6, 6.07) is 6.92. The minimum absolute atomic E-state index is 0.0930. The summed E-state index contributed by atoms with van der Waals surface area (Å²) >= 11 is 11.9. The Morgan fingerprint density at radius 3 is 2.62 bits per heavy atom. The van der Waals surface area contributed by atoms with Gasteiger partial charge in [0.1, 0.15) is 0 Å². The fraction of sp³-hybridized carbons (Fsp3) is 0.143. The van der Waals surface area contributed by atoms with Crippen LogP contribution < -0.4 is 5.32 Å². The van der Waals surface area contributed by atoms with Crippen LogP contribution in [-0.2, 0) is 4.79 Å². The number of carboxylic acid groups (broad SMARTS) is 1. The third kappa shape index (κ3) is 4.00. The number of furan rings is 1. The van der Waals surface area contributed by atoms with Gasteiger partial charge in [-0.15, -0.1) is 0 Å². The minimum Gasteiger partial charge on any atom is -0.481 e. The van der Waals surface area contributed by atoms with Gasteiger partial charge in [0, 0.05) is 10.0 Å². The fourth-order valence-electron chi connectivity index (χ4n) is 1.83. The van der Waals surface area contributed by atoms with Crippen molar-refractivity contribution in [1.82, 2.24) is 5.32 Å². The number of carbonyl (C=O) groups is 2. The van der Waals surface area contributed by atoms with Gasteiger partial charge in [0.25, 0.3) is 5.91 Å². The zero-order valence-electron chi connectivity index (χ0n) is 10.7. The smallest absolute Gasteiger partial charge is 0.305 e. The topological polar surface area (TPSA) is 79.5 Å². The maximum Gasteiger partial charge on any atom is 0.305 e. The van der Waals surface area contributed by atoms with Crippen molar-refractivity contribution in [3.05, 3.63) is 58.0 Å². The van der Waals surface area contributed by atoms with Crippen LogP contribution in [0, 0.1) is 0 Å². The Balaban J connectivity index is 2.25. The predicted octanol–water partition coefficient (Wildman–Crippen LogP) is 3.53. The van der Waals surface area contributed by atoms with E-state index in [1.807, 2.05) is 0 Å². The Kier molecular flexibility index (Phi) is 4.88. The van der Waals surface area contributed by atoms with Gasteiger partial charge in [-0.25, -0.2) is 0 Å². The molecule has 5 nitrogen and oxygen atoms in total. The standard InChI is InChI=1S/C14H11Cl2NO4/c15-8-3-4-9(10(16)6-8)11(7-13(18)19)17-14(20)12-2-1-5-21-12/h1-6,11H,7H2,(H,17,20)(H,18,19)/t11-/m1/s1. The molecule has 0 fully saturated rings. The van der Waals surface area contributed by atoms with Gasteiger partial charge in [0.15, 0.2) is 5.76 Å². The lowest BCUT2D eigenvalue weighted by Gasteiger charge is -2.18. The summed E-state index contributed by atoms with van der Waals surface area (Å²) in [5, 5.41) is 12.3. The molecule has 0 saturated heterocycles. The molecule has 0 aliphatic rings. The number of carbonyl (C=O) groups excluding carboxylic acids is 1. The minimum atomic E-state index is -1.06. The highest BCUT2D eigenvalue weighted by Crippen LogP contribution is 2.28. The first-order valence-electron chi connectivity index (χ1n) is 5.98. The Labute approximate surface area is 130 Å². The molecule has 0 saturated carbocycles. The maximum atomic E-state index is 12.0. The normalized spacial score (nSPS) is 11.9. The van der Waals surface area contributed by atoms with Crippen LogP contribution in [0.25, 0.3) is 0 Å². The van der Waals surface area contributed by atoms with E-state index in [9.17, 15) is 9.59 Å². The van der Waals surface area contributed by atoms with E-state index in [-0.39, 0.29) is 17.2 Å². The number of hydrogen-bond donors (Lipinski definition) is 2. The van der Waals surface area contributed by atoms with E-state index in [2.05, 4.69) is 5.32 Å². The van der Waals surface area contributed by atoms with Crippen LogP contribution in [0.15, 0.2) is 41.0 Å². The van der Waals surface area contributed by atoms with E-state index in [0.29, 0.717) is 10.6 Å². The van der Waals surface area contributed by atoms with Gasteiger partial charge in [-0.3, -0.25) is 9.59 Å². The number of benzene rings is 1. The van der Waals surface area contributed by atoms with Gasteiger partial charge in [0.05, 0.1) is 18.7 Å². The van der Waals surface area contributed by atoms with Gasteiger partial charge >= 0.3 is 5.97 Å². The van der Waals surface area contributed by atoms with Crippen LogP contribution in [0.4, 0.5) is 0 Å². The summed E-state index contributed by atoms with van der Waals surface area (Å²) in [6.07, 6.45) is 1.05. The van der Waals surface area contributed by atoms with Gasteiger partial charge in [0.2, 0.25) is 0 Å². The van der Waals surface area contributed by atoms with Crippen LogP contribution in [0.3, 0.4) is 0 Å². The Hall–Kier alpha value is -1.98. The van der Waals surface area contributed by atoms with Crippen LogP contribution in [0.1, 0.15) is 28.6 Å². The summed E-state index contributed by atoms with van der Waals surface area (Å²) < 4.78 is 4.97. The van der Waals surface area contributed by atoms with E-state index in [4.69, 9.17) is 32.7 Å². The maximum absolute atomic E-state index is 12.0. The van der Waals surface area contributed by atoms with Gasteiger partial charge in [-0.05, 0) is 29.8 Å². The molecule has 2 rings (SSSR count). The van der Waals surface area contributed by atoms with Crippen LogP contribution in [0.5, 0.6) is 0 Å². The van der Waals surface area contributed by atoms with Crippen molar-refractivity contribution in [2.45, 2.75) is 12.5 Å². The van der Waals surface area contributed by atoms with Crippen molar-refractivity contribution in [2.24, 2.45) is 0 Å². The van der Waals surface area contributed by atoms with Crippen LogP contribution in [0.2, 0.25) is 10.0 Å². The predicted molar refractivity (Wildman–Crippen MR) is 77.6 cm³/mol. The molecule has 0 bridgehead atoms. The van der Waals surface area contributed by atoms with Crippen molar-refractivity contribution in [3.63, 3.8) is 0 Å². The first kappa shape index (κ1) is 15.4. The Morgan fingerprint density at radius 1 is 1.29 bits per heavy atom. The van der Waals surface area contributed by atoms with Crippen molar-refractivity contribution >= 4 is 35.1 Å². The molecule has 1 aromatic heterocycles. The molecule has 1 heterocycles. The summed E-state index contributed by atoms with van der Waals surface area (Å²) in [5.41, 5.74) is 0.475. The van der Waals surface area contributed by atoms with E-state index in [0.717, 1.165) is 0 Å². The van der Waals surface area contributed by atoms with Gasteiger partial charge < -0.3 is 14.8 Å². The SMILES string of the molecule is O=C(O)C[C@@H](NC(=O)c1ccco1)c1ccc(Cl)cc1Cl. The number of aliphatic carboxylic acids is 1. The Morgan fingerprint density at radius 2 is 2.05 bits per heavy atom. The van der Waals surface area contributed by atoms with Crippen molar-refractivity contribution in [3.8, 4) is 0 Å². The molecule has 110 valence electrons. The van der Waals surface area contributed by atoms with Crippen molar-refractivity contribution in [1.29, 1.82) is 0 Å². The molecular formula is C14H11Cl2NO4. The lowest BCUT2D eigenvalue weighted by molar-refractivity contribution is -0.137. The van der Waals surface area contributed by atoms with E-state index < -0.39 is 17.9 Å². The zero-order chi connectivity index (χ0) is 15.4. The highest BCUT2D eigenvalue weighted by atomic mass is 35.5. The third-order valence-electron chi connectivity index (χ3n) is 2.77. The Bertz CT molecular complexity index is 655. The molecule has 2 aromatic rings. The molecule has 1 amide bonds. The molecule has 7 heteroatoms. The van der Waals surface area contributed by atoms with Gasteiger partial charge in [-0.2, -0.15) is 0 Å². The molecule has 2 N–H and O–H groups in total. The molecular weight excluding hydrogens is 317 g/mol. The average molecular weight is 328 g/mol. The second-order valence-electron chi connectivity index (χ2n) is 4.27. The molecule has 21 heavy (non-hydrogen) atoms. The number of hydrogen-bond acceptors (Lipinski definition) is 3. The number of halogens is 2. The second-order valence-corrected chi connectivity index (χ2v) is 5.11. The lowest BCUT2D eigenvalue weighted by Crippen LogP contribution is -2.30. The second kappa shape index (κ2) is 6.65. The molecule has 1 atom stereocenters. The average Bonchev–Trinajstić information content (AvgIpc) is 2.91. The monoisotopic (exact) mass is 327 g/mol. The molecule has 0 aliphatic carbocycles. The van der Waals surface area contributed by atoms with E-state index in [1.54, 1.807) is 18.2 Å². The number of carboxylic acids is 1. The molecule has 0 aliphatic heterocycles. The number of amides is 1. The van der Waals surface area contributed by atoms with Crippen LogP contribution in [-0.4, -0.2) is 17.0 Å². The molecule has 0 unspecified atom stereocenters. The highest BCUT2D eigenvalue weighted by molar-refractivity contribution is 6.35. The number of nitrogens with one attached hydrogen (secondary N) is 1. The molecule has 0 radical (unpaired) electrons. The van der Waals surface area contributed by atoms with Crippen molar-refractivity contribution in [2.75, 3.05) is 0 Å². The van der Waals surface area contributed by atoms with Gasteiger partial charge in [-0.1, -0.05) is 29.3 Å².